The summed E-state index contributed by atoms with van der Waals surface area (Å²) < 4.78 is 4.46. The van der Waals surface area contributed by atoms with Crippen LogP contribution in [0.3, 0.4) is 0 Å². The van der Waals surface area contributed by atoms with Crippen molar-refractivity contribution in [1.29, 1.82) is 0 Å². The molecule has 0 spiro atoms. The Labute approximate surface area is 97.9 Å². The Bertz CT molecular complexity index is 443. The van der Waals surface area contributed by atoms with E-state index in [1.54, 1.807) is 25.1 Å². The molecule has 0 bridgehead atoms. The number of aromatic hydroxyl groups is 1. The number of amides is 1. The molecular formula is C11H12N2O4. The van der Waals surface area contributed by atoms with Gasteiger partial charge in [-0.3, -0.25) is 4.79 Å². The minimum absolute atomic E-state index is 0.0293. The lowest BCUT2D eigenvalue weighted by Gasteiger charge is -1.99. The Hall–Kier alpha value is -2.37. The summed E-state index contributed by atoms with van der Waals surface area (Å²) in [4.78, 5) is 21.9. The van der Waals surface area contributed by atoms with Crippen LogP contribution in [0.2, 0.25) is 0 Å². The maximum absolute atomic E-state index is 11.0. The number of nitrogens with one attached hydrogen (secondary N) is 1. The number of hydrogen-bond donors (Lipinski definition) is 2. The van der Waals surface area contributed by atoms with E-state index in [1.165, 1.54) is 12.3 Å². The molecule has 0 aliphatic rings. The Kier molecular flexibility index (Phi) is 4.68. The van der Waals surface area contributed by atoms with Gasteiger partial charge in [0.05, 0.1) is 12.8 Å². The second-order valence-corrected chi connectivity index (χ2v) is 2.98. The molecule has 0 radical (unpaired) electrons. The lowest BCUT2D eigenvalue weighted by Crippen LogP contribution is -2.28. The highest BCUT2D eigenvalue weighted by Gasteiger charge is 2.12. The minimum atomic E-state index is -0.998. The fourth-order valence-corrected chi connectivity index (χ4v) is 0.999. The maximum Gasteiger partial charge on any atom is 0.398 e. The molecule has 1 aromatic rings. The fraction of sp³-hybridized carbons (Fsp3) is 0.182. The molecule has 1 amide bonds. The van der Waals surface area contributed by atoms with Crippen molar-refractivity contribution in [3.05, 3.63) is 29.8 Å². The fourth-order valence-electron chi connectivity index (χ4n) is 0.999. The summed E-state index contributed by atoms with van der Waals surface area (Å²) in [5.41, 5.74) is 2.42. The number of phenolic OH excluding ortho intramolecular Hbond substituents is 1. The molecule has 0 unspecified atom stereocenters. The number of esters is 1. The predicted molar refractivity (Wildman–Crippen MR) is 60.5 cm³/mol. The van der Waals surface area contributed by atoms with Gasteiger partial charge in [-0.1, -0.05) is 12.1 Å². The number of benzene rings is 1. The maximum atomic E-state index is 11.0. The third kappa shape index (κ3) is 3.94. The van der Waals surface area contributed by atoms with E-state index in [1.807, 2.05) is 5.43 Å². The van der Waals surface area contributed by atoms with Gasteiger partial charge in [0, 0.05) is 5.56 Å². The van der Waals surface area contributed by atoms with Crippen LogP contribution in [0.15, 0.2) is 29.4 Å². The smallest absolute Gasteiger partial charge is 0.398 e. The molecule has 6 heteroatoms. The first-order chi connectivity index (χ1) is 8.15. The van der Waals surface area contributed by atoms with Crippen LogP contribution in [0.4, 0.5) is 0 Å². The van der Waals surface area contributed by atoms with Crippen LogP contribution in [0.1, 0.15) is 12.5 Å². The van der Waals surface area contributed by atoms with Gasteiger partial charge in [0.1, 0.15) is 5.75 Å². The van der Waals surface area contributed by atoms with Crippen molar-refractivity contribution in [2.24, 2.45) is 5.10 Å². The van der Waals surface area contributed by atoms with Crippen LogP contribution in [0.5, 0.6) is 5.75 Å². The Morgan fingerprint density at radius 1 is 1.47 bits per heavy atom. The van der Waals surface area contributed by atoms with Crippen molar-refractivity contribution >= 4 is 18.1 Å². The standard InChI is InChI=1S/C11H12N2O4/c1-2-17-11(16)10(15)13-12-7-8-5-3-4-6-9(8)14/h3-7,14H,2H2,1H3,(H,13,15)/b12-7+. The Balaban J connectivity index is 2.54. The molecule has 0 atom stereocenters. The highest BCUT2D eigenvalue weighted by Crippen LogP contribution is 2.12. The third-order valence-corrected chi connectivity index (χ3v) is 1.77. The van der Waals surface area contributed by atoms with Gasteiger partial charge in [0.25, 0.3) is 0 Å². The van der Waals surface area contributed by atoms with E-state index in [-0.39, 0.29) is 12.4 Å². The van der Waals surface area contributed by atoms with Gasteiger partial charge in [0.15, 0.2) is 0 Å². The zero-order valence-corrected chi connectivity index (χ0v) is 9.21. The Morgan fingerprint density at radius 2 is 2.18 bits per heavy atom. The van der Waals surface area contributed by atoms with E-state index in [0.29, 0.717) is 5.56 Å². The molecule has 0 aromatic heterocycles. The predicted octanol–water partition coefficient (Wildman–Crippen LogP) is 0.405. The van der Waals surface area contributed by atoms with Crippen molar-refractivity contribution in [3.63, 3.8) is 0 Å². The van der Waals surface area contributed by atoms with Gasteiger partial charge in [-0.15, -0.1) is 0 Å². The summed E-state index contributed by atoms with van der Waals surface area (Å²) in [6.07, 6.45) is 1.23. The first-order valence-corrected chi connectivity index (χ1v) is 4.93. The largest absolute Gasteiger partial charge is 0.507 e. The van der Waals surface area contributed by atoms with Crippen LogP contribution in [0.25, 0.3) is 0 Å². The number of para-hydroxylation sites is 1. The van der Waals surface area contributed by atoms with Gasteiger partial charge < -0.3 is 9.84 Å². The van der Waals surface area contributed by atoms with Crippen LogP contribution in [-0.2, 0) is 14.3 Å². The monoisotopic (exact) mass is 236 g/mol. The molecule has 0 fully saturated rings. The molecular weight excluding hydrogens is 224 g/mol. The number of hydrazone groups is 1. The van der Waals surface area contributed by atoms with Crippen molar-refractivity contribution in [2.45, 2.75) is 6.92 Å². The second-order valence-electron chi connectivity index (χ2n) is 2.98. The topological polar surface area (TPSA) is 88.0 Å². The number of carbonyl (C=O) groups is 2. The second kappa shape index (κ2) is 6.26. The zero-order chi connectivity index (χ0) is 12.7. The molecule has 90 valence electrons. The van der Waals surface area contributed by atoms with E-state index in [0.717, 1.165) is 0 Å². The lowest BCUT2D eigenvalue weighted by molar-refractivity contribution is -0.154. The number of hydrogen-bond acceptors (Lipinski definition) is 5. The summed E-state index contributed by atoms with van der Waals surface area (Å²) in [6, 6.07) is 6.45. The molecule has 0 aliphatic heterocycles. The SMILES string of the molecule is CCOC(=O)C(=O)N/N=C/c1ccccc1O. The van der Waals surface area contributed by atoms with Gasteiger partial charge in [-0.25, -0.2) is 10.2 Å². The summed E-state index contributed by atoms with van der Waals surface area (Å²) in [5.74, 6) is -1.93. The molecule has 0 aliphatic carbocycles. The van der Waals surface area contributed by atoms with Crippen LogP contribution >= 0.6 is 0 Å². The number of ether oxygens (including phenoxy) is 1. The summed E-state index contributed by atoms with van der Waals surface area (Å²) in [6.45, 7) is 1.71. The number of rotatable bonds is 3. The van der Waals surface area contributed by atoms with Crippen LogP contribution in [-0.4, -0.2) is 29.8 Å². The van der Waals surface area contributed by atoms with Gasteiger partial charge in [-0.2, -0.15) is 5.10 Å². The van der Waals surface area contributed by atoms with Gasteiger partial charge in [-0.05, 0) is 19.1 Å². The van der Waals surface area contributed by atoms with Gasteiger partial charge in [0.2, 0.25) is 0 Å². The highest BCUT2D eigenvalue weighted by atomic mass is 16.5. The summed E-state index contributed by atoms with van der Waals surface area (Å²) >= 11 is 0. The Morgan fingerprint density at radius 3 is 2.82 bits per heavy atom. The molecule has 0 saturated heterocycles. The van der Waals surface area contributed by atoms with Crippen molar-refractivity contribution in [1.82, 2.24) is 5.43 Å². The van der Waals surface area contributed by atoms with Crippen LogP contribution < -0.4 is 5.43 Å². The summed E-state index contributed by atoms with van der Waals surface area (Å²) in [5, 5.41) is 12.9. The van der Waals surface area contributed by atoms with E-state index in [4.69, 9.17) is 0 Å². The number of nitrogens with zero attached hydrogens (tertiary/aromatic N) is 1. The van der Waals surface area contributed by atoms with Crippen molar-refractivity contribution in [3.8, 4) is 5.75 Å². The normalized spacial score (nSPS) is 10.2. The lowest BCUT2D eigenvalue weighted by atomic mass is 10.2. The molecule has 1 rings (SSSR count). The quantitative estimate of drug-likeness (QED) is 0.344. The average molecular weight is 236 g/mol. The zero-order valence-electron chi connectivity index (χ0n) is 9.21. The molecule has 0 saturated carbocycles. The third-order valence-electron chi connectivity index (χ3n) is 1.77. The minimum Gasteiger partial charge on any atom is -0.507 e. The first-order valence-electron chi connectivity index (χ1n) is 4.93. The van der Waals surface area contributed by atoms with E-state index < -0.39 is 11.9 Å². The highest BCUT2D eigenvalue weighted by molar-refractivity contribution is 6.32. The van der Waals surface area contributed by atoms with Crippen molar-refractivity contribution in [2.75, 3.05) is 6.61 Å². The van der Waals surface area contributed by atoms with Gasteiger partial charge >= 0.3 is 11.9 Å². The van der Waals surface area contributed by atoms with E-state index >= 15 is 0 Å². The van der Waals surface area contributed by atoms with Crippen molar-refractivity contribution < 1.29 is 19.4 Å². The molecule has 0 heterocycles. The van der Waals surface area contributed by atoms with E-state index in [9.17, 15) is 14.7 Å². The molecule has 17 heavy (non-hydrogen) atoms. The average Bonchev–Trinajstić information content (AvgIpc) is 2.31. The van der Waals surface area contributed by atoms with E-state index in [2.05, 4.69) is 9.84 Å². The first kappa shape index (κ1) is 12.7. The van der Waals surface area contributed by atoms with Crippen LogP contribution in [0, 0.1) is 0 Å². The summed E-state index contributed by atoms with van der Waals surface area (Å²) in [7, 11) is 0. The molecule has 6 nitrogen and oxygen atoms in total. The molecule has 2 N–H and O–H groups in total. The number of carbonyl (C=O) groups excluding carboxylic acids is 2. The number of phenols is 1. The molecule has 1 aromatic carbocycles.